The SMILES string of the molecule is O=C(OCC(=O)N(C1CCCC1)[C@@H]1CCS(=O)(=O)C1)c1ccc2ccccc2n1. The fourth-order valence-electron chi connectivity index (χ4n) is 4.34. The van der Waals surface area contributed by atoms with Gasteiger partial charge in [-0.1, -0.05) is 37.1 Å². The molecule has 0 bridgehead atoms. The molecule has 2 fully saturated rings. The van der Waals surface area contributed by atoms with Gasteiger partial charge in [-0.2, -0.15) is 0 Å². The number of amides is 1. The molecular formula is C21H24N2O5S. The minimum absolute atomic E-state index is 0.00455. The monoisotopic (exact) mass is 416 g/mol. The largest absolute Gasteiger partial charge is 0.451 e. The van der Waals surface area contributed by atoms with Crippen molar-refractivity contribution in [3.8, 4) is 0 Å². The maximum absolute atomic E-state index is 12.9. The molecule has 154 valence electrons. The number of pyridine rings is 1. The van der Waals surface area contributed by atoms with Gasteiger partial charge in [-0.15, -0.1) is 0 Å². The Morgan fingerprint density at radius 1 is 1.03 bits per heavy atom. The van der Waals surface area contributed by atoms with Gasteiger partial charge in [0, 0.05) is 17.5 Å². The molecule has 0 radical (unpaired) electrons. The summed E-state index contributed by atoms with van der Waals surface area (Å²) in [6.45, 7) is -0.402. The van der Waals surface area contributed by atoms with Gasteiger partial charge < -0.3 is 9.64 Å². The maximum atomic E-state index is 12.9. The molecule has 8 heteroatoms. The number of carbonyl (C=O) groups excluding carboxylic acids is 2. The average molecular weight is 416 g/mol. The van der Waals surface area contributed by atoms with Crippen LogP contribution in [0.3, 0.4) is 0 Å². The van der Waals surface area contributed by atoms with Gasteiger partial charge in [0.25, 0.3) is 5.91 Å². The zero-order valence-electron chi connectivity index (χ0n) is 16.1. The van der Waals surface area contributed by atoms with Gasteiger partial charge in [0.05, 0.1) is 17.0 Å². The molecule has 2 aliphatic rings. The van der Waals surface area contributed by atoms with Crippen molar-refractivity contribution < 1.29 is 22.7 Å². The third-order valence-corrected chi connectivity index (χ3v) is 7.49. The molecule has 29 heavy (non-hydrogen) atoms. The fourth-order valence-corrected chi connectivity index (χ4v) is 6.05. The average Bonchev–Trinajstić information content (AvgIpc) is 3.36. The molecule has 2 heterocycles. The molecule has 7 nitrogen and oxygen atoms in total. The van der Waals surface area contributed by atoms with Crippen LogP contribution in [0.2, 0.25) is 0 Å². The lowest BCUT2D eigenvalue weighted by Gasteiger charge is -2.33. The number of aromatic nitrogens is 1. The smallest absolute Gasteiger partial charge is 0.357 e. The highest BCUT2D eigenvalue weighted by molar-refractivity contribution is 7.91. The van der Waals surface area contributed by atoms with E-state index in [0.717, 1.165) is 31.1 Å². The van der Waals surface area contributed by atoms with Gasteiger partial charge >= 0.3 is 5.97 Å². The number of benzene rings is 1. The summed E-state index contributed by atoms with van der Waals surface area (Å²) in [5, 5.41) is 0.912. The Kier molecular flexibility index (Phi) is 5.54. The quantitative estimate of drug-likeness (QED) is 0.695. The Bertz CT molecular complexity index is 1030. The van der Waals surface area contributed by atoms with Crippen molar-refractivity contribution in [2.24, 2.45) is 0 Å². The minimum atomic E-state index is -3.11. The summed E-state index contributed by atoms with van der Waals surface area (Å²) in [5.41, 5.74) is 0.824. The van der Waals surface area contributed by atoms with Crippen LogP contribution >= 0.6 is 0 Å². The Morgan fingerprint density at radius 3 is 2.52 bits per heavy atom. The standard InChI is InChI=1S/C21H24N2O5S/c24-20(23(16-6-2-3-7-16)17-11-12-29(26,27)14-17)13-28-21(25)19-10-9-15-5-1-4-8-18(15)22-19/h1,4-5,8-10,16-17H,2-3,6-7,11-14H2/t17-/m1/s1. The van der Waals surface area contributed by atoms with Crippen molar-refractivity contribution in [3.63, 3.8) is 0 Å². The van der Waals surface area contributed by atoms with Crippen molar-refractivity contribution in [1.82, 2.24) is 9.88 Å². The van der Waals surface area contributed by atoms with E-state index in [-0.39, 0.29) is 35.2 Å². The second-order valence-corrected chi connectivity index (χ2v) is 9.99. The second kappa shape index (κ2) is 8.10. The molecular weight excluding hydrogens is 392 g/mol. The van der Waals surface area contributed by atoms with Crippen LogP contribution in [-0.4, -0.2) is 60.4 Å². The molecule has 1 saturated carbocycles. The van der Waals surface area contributed by atoms with Gasteiger partial charge in [0.15, 0.2) is 16.4 Å². The van der Waals surface area contributed by atoms with E-state index in [0.29, 0.717) is 11.9 Å². The van der Waals surface area contributed by atoms with Crippen LogP contribution in [0.4, 0.5) is 0 Å². The van der Waals surface area contributed by atoms with E-state index in [2.05, 4.69) is 4.98 Å². The van der Waals surface area contributed by atoms with Gasteiger partial charge in [-0.25, -0.2) is 18.2 Å². The molecule has 1 saturated heterocycles. The van der Waals surface area contributed by atoms with Crippen LogP contribution < -0.4 is 0 Å². The van der Waals surface area contributed by atoms with Gasteiger partial charge in [0.2, 0.25) is 0 Å². The van der Waals surface area contributed by atoms with E-state index >= 15 is 0 Å². The number of hydrogen-bond acceptors (Lipinski definition) is 6. The number of esters is 1. The molecule has 1 amide bonds. The van der Waals surface area contributed by atoms with Crippen molar-refractivity contribution >= 4 is 32.6 Å². The summed E-state index contributed by atoms with van der Waals surface area (Å²) in [6.07, 6.45) is 4.22. The predicted octanol–water partition coefficient (Wildman–Crippen LogP) is 2.35. The molecule has 1 aliphatic carbocycles. The van der Waals surface area contributed by atoms with Gasteiger partial charge in [-0.05, 0) is 31.4 Å². The number of ether oxygens (including phenoxy) is 1. The van der Waals surface area contributed by atoms with E-state index in [1.165, 1.54) is 0 Å². The Balaban J connectivity index is 1.44. The summed E-state index contributed by atoms with van der Waals surface area (Å²) in [5.74, 6) is -0.882. The first kappa shape index (κ1) is 19.8. The number of fused-ring (bicyclic) bond motifs is 1. The molecule has 0 spiro atoms. The number of carbonyl (C=O) groups is 2. The summed E-state index contributed by atoms with van der Waals surface area (Å²) < 4.78 is 29.1. The minimum Gasteiger partial charge on any atom is -0.451 e. The van der Waals surface area contributed by atoms with Crippen molar-refractivity contribution in [3.05, 3.63) is 42.1 Å². The summed E-state index contributed by atoms with van der Waals surface area (Å²) in [7, 11) is -3.11. The summed E-state index contributed by atoms with van der Waals surface area (Å²) in [6, 6.07) is 10.5. The Labute approximate surface area is 170 Å². The zero-order chi connectivity index (χ0) is 20.4. The predicted molar refractivity (Wildman–Crippen MR) is 108 cm³/mol. The zero-order valence-corrected chi connectivity index (χ0v) is 16.9. The molecule has 0 N–H and O–H groups in total. The first-order valence-electron chi connectivity index (χ1n) is 9.97. The highest BCUT2D eigenvalue weighted by Gasteiger charge is 2.39. The van der Waals surface area contributed by atoms with Crippen molar-refractivity contribution in [1.29, 1.82) is 0 Å². The molecule has 1 atom stereocenters. The molecule has 1 aliphatic heterocycles. The van der Waals surface area contributed by atoms with Crippen LogP contribution in [0.5, 0.6) is 0 Å². The Morgan fingerprint density at radius 2 is 1.79 bits per heavy atom. The third kappa shape index (κ3) is 4.42. The first-order valence-corrected chi connectivity index (χ1v) is 11.8. The van der Waals surface area contributed by atoms with E-state index in [9.17, 15) is 18.0 Å². The van der Waals surface area contributed by atoms with E-state index in [1.54, 1.807) is 23.1 Å². The molecule has 1 aromatic heterocycles. The number of hydrogen-bond donors (Lipinski definition) is 0. The molecule has 2 aromatic rings. The normalized spacial score (nSPS) is 21.3. The third-order valence-electron chi connectivity index (χ3n) is 5.74. The Hall–Kier alpha value is -2.48. The van der Waals surface area contributed by atoms with Crippen LogP contribution in [0.1, 0.15) is 42.6 Å². The molecule has 1 aromatic carbocycles. The van der Waals surface area contributed by atoms with Crippen molar-refractivity contribution in [2.45, 2.75) is 44.2 Å². The molecule has 0 unspecified atom stereocenters. The number of nitrogens with zero attached hydrogens (tertiary/aromatic N) is 2. The topological polar surface area (TPSA) is 93.6 Å². The summed E-state index contributed by atoms with van der Waals surface area (Å²) in [4.78, 5) is 31.3. The van der Waals surface area contributed by atoms with E-state index < -0.39 is 22.4 Å². The highest BCUT2D eigenvalue weighted by atomic mass is 32.2. The van der Waals surface area contributed by atoms with Crippen LogP contribution in [0, 0.1) is 0 Å². The van der Waals surface area contributed by atoms with Crippen LogP contribution in [-0.2, 0) is 19.4 Å². The van der Waals surface area contributed by atoms with E-state index in [4.69, 9.17) is 4.74 Å². The number of sulfone groups is 1. The van der Waals surface area contributed by atoms with E-state index in [1.807, 2.05) is 18.2 Å². The summed E-state index contributed by atoms with van der Waals surface area (Å²) >= 11 is 0. The van der Waals surface area contributed by atoms with Gasteiger partial charge in [-0.3, -0.25) is 4.79 Å². The lowest BCUT2D eigenvalue weighted by Crippen LogP contribution is -2.48. The lowest BCUT2D eigenvalue weighted by atomic mass is 10.1. The number of rotatable bonds is 5. The number of para-hydroxylation sites is 1. The fraction of sp³-hybridized carbons (Fsp3) is 0.476. The molecule has 4 rings (SSSR count). The van der Waals surface area contributed by atoms with Crippen LogP contribution in [0.15, 0.2) is 36.4 Å². The maximum Gasteiger partial charge on any atom is 0.357 e. The first-order chi connectivity index (χ1) is 13.9. The van der Waals surface area contributed by atoms with Crippen LogP contribution in [0.25, 0.3) is 10.9 Å². The highest BCUT2D eigenvalue weighted by Crippen LogP contribution is 2.29. The lowest BCUT2D eigenvalue weighted by molar-refractivity contribution is -0.139. The van der Waals surface area contributed by atoms with Gasteiger partial charge in [0.1, 0.15) is 5.69 Å². The van der Waals surface area contributed by atoms with Crippen molar-refractivity contribution in [2.75, 3.05) is 18.1 Å². The second-order valence-electron chi connectivity index (χ2n) is 7.76.